The monoisotopic (exact) mass is 441 g/mol. The number of imide groups is 1. The Morgan fingerprint density at radius 3 is 2.39 bits per heavy atom. The van der Waals surface area contributed by atoms with Crippen LogP contribution in [-0.2, 0) is 9.53 Å². The molecule has 31 heavy (non-hydrogen) atoms. The first-order chi connectivity index (χ1) is 14.8. The topological polar surface area (TPSA) is 87.2 Å². The van der Waals surface area contributed by atoms with Gasteiger partial charge in [-0.15, -0.1) is 0 Å². The maximum Gasteiger partial charge on any atom is 0.338 e. The van der Waals surface area contributed by atoms with Crippen LogP contribution in [0, 0.1) is 0 Å². The summed E-state index contributed by atoms with van der Waals surface area (Å²) in [6.45, 7) is 1.91. The van der Waals surface area contributed by atoms with Gasteiger partial charge >= 0.3 is 5.97 Å². The van der Waals surface area contributed by atoms with Crippen molar-refractivity contribution >= 4 is 41.0 Å². The Labute approximate surface area is 183 Å². The Hall–Kier alpha value is -3.39. The van der Waals surface area contributed by atoms with Crippen molar-refractivity contribution in [2.75, 3.05) is 44.7 Å². The van der Waals surface area contributed by atoms with Crippen molar-refractivity contribution in [1.82, 2.24) is 9.80 Å². The second-order valence-electron chi connectivity index (χ2n) is 7.35. The number of amides is 3. The van der Waals surface area contributed by atoms with Crippen molar-refractivity contribution < 1.29 is 23.9 Å². The molecule has 0 aromatic heterocycles. The summed E-state index contributed by atoms with van der Waals surface area (Å²) in [5.74, 6) is -1.88. The molecule has 0 saturated carbocycles. The smallest absolute Gasteiger partial charge is 0.338 e. The minimum Gasteiger partial charge on any atom is -0.452 e. The lowest BCUT2D eigenvalue weighted by Gasteiger charge is -2.36. The van der Waals surface area contributed by atoms with Crippen LogP contribution in [0.1, 0.15) is 31.1 Å². The van der Waals surface area contributed by atoms with Gasteiger partial charge in [0.25, 0.3) is 17.7 Å². The van der Waals surface area contributed by atoms with E-state index in [9.17, 15) is 19.2 Å². The van der Waals surface area contributed by atoms with E-state index in [2.05, 4.69) is 4.90 Å². The van der Waals surface area contributed by atoms with Gasteiger partial charge < -0.3 is 14.5 Å². The number of ether oxygens (including phenoxy) is 1. The predicted octanol–water partition coefficient (Wildman–Crippen LogP) is 2.07. The Balaban J connectivity index is 1.31. The van der Waals surface area contributed by atoms with E-state index in [0.29, 0.717) is 31.2 Å². The van der Waals surface area contributed by atoms with Crippen LogP contribution >= 0.6 is 11.6 Å². The number of nitrogens with zero attached hydrogens (tertiary/aromatic N) is 3. The largest absolute Gasteiger partial charge is 0.452 e. The molecule has 2 aromatic rings. The summed E-state index contributed by atoms with van der Waals surface area (Å²) in [4.78, 5) is 53.6. The van der Waals surface area contributed by atoms with Gasteiger partial charge in [-0.1, -0.05) is 17.7 Å². The highest BCUT2D eigenvalue weighted by molar-refractivity contribution is 6.30. The SMILES string of the molecule is CN1C(=O)c2ccc(C(=O)OCC(=O)N3CCN(c4cccc(Cl)c4)CC3)cc2C1=O. The minimum atomic E-state index is -0.719. The van der Waals surface area contributed by atoms with Crippen LogP contribution in [0.4, 0.5) is 5.69 Å². The summed E-state index contributed by atoms with van der Waals surface area (Å²) in [5, 5.41) is 0.659. The highest BCUT2D eigenvalue weighted by Crippen LogP contribution is 2.23. The molecule has 0 aliphatic carbocycles. The van der Waals surface area contributed by atoms with E-state index < -0.39 is 17.8 Å². The quantitative estimate of drug-likeness (QED) is 0.533. The normalized spacial score (nSPS) is 15.9. The van der Waals surface area contributed by atoms with Crippen LogP contribution in [0.3, 0.4) is 0 Å². The zero-order chi connectivity index (χ0) is 22.1. The number of benzene rings is 2. The second kappa shape index (κ2) is 8.39. The molecule has 9 heteroatoms. The number of fused-ring (bicyclic) bond motifs is 1. The van der Waals surface area contributed by atoms with Crippen molar-refractivity contribution in [2.45, 2.75) is 0 Å². The summed E-state index contributed by atoms with van der Waals surface area (Å²) < 4.78 is 5.15. The van der Waals surface area contributed by atoms with Gasteiger partial charge in [0, 0.05) is 43.9 Å². The maximum absolute atomic E-state index is 12.5. The lowest BCUT2D eigenvalue weighted by Crippen LogP contribution is -2.49. The first kappa shape index (κ1) is 20.9. The molecule has 8 nitrogen and oxygen atoms in total. The number of hydrogen-bond donors (Lipinski definition) is 0. The van der Waals surface area contributed by atoms with Gasteiger partial charge in [-0.05, 0) is 36.4 Å². The molecule has 2 aliphatic heterocycles. The van der Waals surface area contributed by atoms with Crippen molar-refractivity contribution in [2.24, 2.45) is 0 Å². The molecule has 3 amide bonds. The van der Waals surface area contributed by atoms with Crippen LogP contribution in [0.25, 0.3) is 0 Å². The molecule has 0 N–H and O–H groups in total. The van der Waals surface area contributed by atoms with Crippen molar-refractivity contribution in [3.8, 4) is 0 Å². The third-order valence-electron chi connectivity index (χ3n) is 5.46. The molecule has 2 aliphatic rings. The molecule has 1 saturated heterocycles. The first-order valence-electron chi connectivity index (χ1n) is 9.77. The Bertz CT molecular complexity index is 1080. The van der Waals surface area contributed by atoms with Crippen LogP contribution in [0.15, 0.2) is 42.5 Å². The lowest BCUT2D eigenvalue weighted by molar-refractivity contribution is -0.134. The second-order valence-corrected chi connectivity index (χ2v) is 7.79. The number of halogens is 1. The molecule has 160 valence electrons. The number of hydrogen-bond acceptors (Lipinski definition) is 6. The molecule has 1 fully saturated rings. The highest BCUT2D eigenvalue weighted by Gasteiger charge is 2.33. The number of carbonyl (C=O) groups excluding carboxylic acids is 4. The van der Waals surface area contributed by atoms with E-state index in [-0.39, 0.29) is 29.2 Å². The standard InChI is InChI=1S/C22H20ClN3O5/c1-24-20(28)17-6-5-14(11-18(17)21(24)29)22(30)31-13-19(27)26-9-7-25(8-10-26)16-4-2-3-15(23)12-16/h2-6,11-12H,7-10,13H2,1H3. The van der Waals surface area contributed by atoms with Gasteiger partial charge in [0.15, 0.2) is 6.61 Å². The minimum absolute atomic E-state index is 0.119. The molecule has 0 atom stereocenters. The van der Waals surface area contributed by atoms with Crippen molar-refractivity contribution in [3.05, 3.63) is 64.2 Å². The fourth-order valence-corrected chi connectivity index (χ4v) is 3.86. The molecule has 0 spiro atoms. The third-order valence-corrected chi connectivity index (χ3v) is 5.69. The molecule has 0 bridgehead atoms. The molecule has 2 aromatic carbocycles. The zero-order valence-electron chi connectivity index (χ0n) is 16.8. The van der Waals surface area contributed by atoms with Crippen LogP contribution < -0.4 is 4.90 Å². The van der Waals surface area contributed by atoms with Gasteiger partial charge in [-0.2, -0.15) is 0 Å². The fraction of sp³-hybridized carbons (Fsp3) is 0.273. The first-order valence-corrected chi connectivity index (χ1v) is 10.1. The summed E-state index contributed by atoms with van der Waals surface area (Å²) in [7, 11) is 1.38. The summed E-state index contributed by atoms with van der Waals surface area (Å²) >= 11 is 6.04. The Morgan fingerprint density at radius 2 is 1.68 bits per heavy atom. The third kappa shape index (κ3) is 4.11. The van der Waals surface area contributed by atoms with E-state index in [1.54, 1.807) is 4.90 Å². The fourth-order valence-electron chi connectivity index (χ4n) is 3.68. The number of piperazine rings is 1. The van der Waals surface area contributed by atoms with Crippen molar-refractivity contribution in [1.29, 1.82) is 0 Å². The van der Waals surface area contributed by atoms with E-state index in [1.807, 2.05) is 24.3 Å². The van der Waals surface area contributed by atoms with Gasteiger partial charge in [0.2, 0.25) is 0 Å². The van der Waals surface area contributed by atoms with E-state index in [1.165, 1.54) is 25.2 Å². The number of esters is 1. The molecule has 0 radical (unpaired) electrons. The summed E-state index contributed by atoms with van der Waals surface area (Å²) in [6, 6.07) is 11.7. The van der Waals surface area contributed by atoms with Crippen LogP contribution in [0.2, 0.25) is 5.02 Å². The summed E-state index contributed by atoms with van der Waals surface area (Å²) in [6.07, 6.45) is 0. The van der Waals surface area contributed by atoms with Crippen molar-refractivity contribution in [3.63, 3.8) is 0 Å². The average molecular weight is 442 g/mol. The Kier molecular flexibility index (Phi) is 5.65. The molecular weight excluding hydrogens is 422 g/mol. The summed E-state index contributed by atoms with van der Waals surface area (Å²) in [5.41, 5.74) is 1.53. The highest BCUT2D eigenvalue weighted by atomic mass is 35.5. The molecular formula is C22H20ClN3O5. The van der Waals surface area contributed by atoms with Crippen LogP contribution in [0.5, 0.6) is 0 Å². The Morgan fingerprint density at radius 1 is 0.968 bits per heavy atom. The van der Waals surface area contributed by atoms with E-state index >= 15 is 0 Å². The number of rotatable bonds is 4. The van der Waals surface area contributed by atoms with Gasteiger partial charge in [-0.25, -0.2) is 4.79 Å². The van der Waals surface area contributed by atoms with Crippen LogP contribution in [-0.4, -0.2) is 73.3 Å². The molecule has 2 heterocycles. The van der Waals surface area contributed by atoms with E-state index in [0.717, 1.165) is 10.6 Å². The number of anilines is 1. The number of carbonyl (C=O) groups is 4. The lowest BCUT2D eigenvalue weighted by atomic mass is 10.1. The van der Waals surface area contributed by atoms with Gasteiger partial charge in [0.1, 0.15) is 0 Å². The average Bonchev–Trinajstić information content (AvgIpc) is 3.01. The molecule has 0 unspecified atom stereocenters. The van der Waals surface area contributed by atoms with E-state index in [4.69, 9.17) is 16.3 Å². The maximum atomic E-state index is 12.5. The van der Waals surface area contributed by atoms with Gasteiger partial charge in [0.05, 0.1) is 16.7 Å². The van der Waals surface area contributed by atoms with Gasteiger partial charge in [-0.3, -0.25) is 19.3 Å². The molecule has 4 rings (SSSR count). The predicted molar refractivity (Wildman–Crippen MR) is 113 cm³/mol. The zero-order valence-corrected chi connectivity index (χ0v) is 17.6.